The van der Waals surface area contributed by atoms with Crippen molar-refractivity contribution in [2.45, 2.75) is 24.8 Å². The van der Waals surface area contributed by atoms with E-state index in [1.165, 1.54) is 13.2 Å². The predicted octanol–water partition coefficient (Wildman–Crippen LogP) is 0.287. The SMILES string of the molecule is COCC(O)CNS(=O)(=O)c1cc(C(=O)O)cc(C)c1C. The number of hydrogen-bond acceptors (Lipinski definition) is 5. The number of aliphatic hydroxyl groups is 1. The zero-order valence-corrected chi connectivity index (χ0v) is 12.9. The number of aromatic carboxylic acids is 1. The molecule has 0 aliphatic heterocycles. The Balaban J connectivity index is 3.10. The van der Waals surface area contributed by atoms with Crippen LogP contribution in [0.4, 0.5) is 0 Å². The number of methoxy groups -OCH3 is 1. The first-order chi connectivity index (χ1) is 9.69. The van der Waals surface area contributed by atoms with Gasteiger partial charge in [-0.1, -0.05) is 0 Å². The summed E-state index contributed by atoms with van der Waals surface area (Å²) in [5, 5.41) is 18.5. The van der Waals surface area contributed by atoms with Gasteiger partial charge >= 0.3 is 5.97 Å². The van der Waals surface area contributed by atoms with Crippen molar-refractivity contribution >= 4 is 16.0 Å². The lowest BCUT2D eigenvalue weighted by atomic mass is 10.1. The summed E-state index contributed by atoms with van der Waals surface area (Å²) in [5.41, 5.74) is 0.928. The van der Waals surface area contributed by atoms with Crippen LogP contribution >= 0.6 is 0 Å². The number of carboxylic acid groups (broad SMARTS) is 1. The van der Waals surface area contributed by atoms with Gasteiger partial charge in [0.15, 0.2) is 0 Å². The van der Waals surface area contributed by atoms with E-state index in [4.69, 9.17) is 9.84 Å². The van der Waals surface area contributed by atoms with Crippen LogP contribution in [0.1, 0.15) is 21.5 Å². The fraction of sp³-hybridized carbons (Fsp3) is 0.462. The topological polar surface area (TPSA) is 113 Å². The van der Waals surface area contributed by atoms with Gasteiger partial charge in [0.05, 0.1) is 23.2 Å². The molecule has 1 atom stereocenters. The second-order valence-electron chi connectivity index (χ2n) is 4.68. The van der Waals surface area contributed by atoms with Crippen LogP contribution in [-0.4, -0.2) is 51.0 Å². The van der Waals surface area contributed by atoms with Crippen LogP contribution in [0.25, 0.3) is 0 Å². The van der Waals surface area contributed by atoms with Gasteiger partial charge in [-0.15, -0.1) is 0 Å². The van der Waals surface area contributed by atoms with Crippen molar-refractivity contribution < 1.29 is 28.2 Å². The van der Waals surface area contributed by atoms with Gasteiger partial charge in [-0.05, 0) is 37.1 Å². The van der Waals surface area contributed by atoms with Crippen molar-refractivity contribution in [1.82, 2.24) is 4.72 Å². The van der Waals surface area contributed by atoms with Gasteiger partial charge in [0.2, 0.25) is 10.0 Å². The van der Waals surface area contributed by atoms with E-state index >= 15 is 0 Å². The van der Waals surface area contributed by atoms with Crippen molar-refractivity contribution in [3.8, 4) is 0 Å². The van der Waals surface area contributed by atoms with Crippen LogP contribution in [0.15, 0.2) is 17.0 Å². The van der Waals surface area contributed by atoms with Crippen LogP contribution in [0, 0.1) is 13.8 Å². The van der Waals surface area contributed by atoms with Crippen LogP contribution in [0.2, 0.25) is 0 Å². The quantitative estimate of drug-likeness (QED) is 0.666. The number of ether oxygens (including phenoxy) is 1. The van der Waals surface area contributed by atoms with Crippen molar-refractivity contribution in [2.75, 3.05) is 20.3 Å². The van der Waals surface area contributed by atoms with Gasteiger partial charge in [0, 0.05) is 13.7 Å². The van der Waals surface area contributed by atoms with E-state index in [1.807, 2.05) is 0 Å². The summed E-state index contributed by atoms with van der Waals surface area (Å²) in [4.78, 5) is 10.9. The molecule has 0 aromatic heterocycles. The molecule has 118 valence electrons. The molecule has 1 aromatic rings. The highest BCUT2D eigenvalue weighted by Crippen LogP contribution is 2.21. The molecule has 3 N–H and O–H groups in total. The van der Waals surface area contributed by atoms with Gasteiger partial charge in [-0.3, -0.25) is 0 Å². The molecule has 1 aromatic carbocycles. The summed E-state index contributed by atoms with van der Waals surface area (Å²) in [6, 6.07) is 2.52. The Kier molecular flexibility index (Phi) is 5.85. The third kappa shape index (κ3) is 4.50. The fourth-order valence-electron chi connectivity index (χ4n) is 1.76. The minimum Gasteiger partial charge on any atom is -0.478 e. The first-order valence-electron chi connectivity index (χ1n) is 6.20. The van der Waals surface area contributed by atoms with Crippen LogP contribution in [0.3, 0.4) is 0 Å². The molecule has 0 saturated heterocycles. The number of hydrogen-bond donors (Lipinski definition) is 3. The second-order valence-corrected chi connectivity index (χ2v) is 6.42. The van der Waals surface area contributed by atoms with Gasteiger partial charge in [-0.2, -0.15) is 0 Å². The highest BCUT2D eigenvalue weighted by atomic mass is 32.2. The van der Waals surface area contributed by atoms with Gasteiger partial charge < -0.3 is 14.9 Å². The Hall–Kier alpha value is -1.48. The van der Waals surface area contributed by atoms with Crippen LogP contribution < -0.4 is 4.72 Å². The molecule has 0 spiro atoms. The third-order valence-corrected chi connectivity index (χ3v) is 4.57. The van der Waals surface area contributed by atoms with Crippen molar-refractivity contribution in [3.05, 3.63) is 28.8 Å². The number of carboxylic acids is 1. The summed E-state index contributed by atoms with van der Waals surface area (Å²) in [7, 11) is -2.52. The highest BCUT2D eigenvalue weighted by molar-refractivity contribution is 7.89. The van der Waals surface area contributed by atoms with E-state index in [1.54, 1.807) is 13.8 Å². The highest BCUT2D eigenvalue weighted by Gasteiger charge is 2.21. The molecule has 0 fully saturated rings. The second kappa shape index (κ2) is 6.99. The monoisotopic (exact) mass is 317 g/mol. The van der Waals surface area contributed by atoms with E-state index in [9.17, 15) is 18.3 Å². The maximum Gasteiger partial charge on any atom is 0.335 e. The Labute approximate surface area is 123 Å². The normalized spacial score (nSPS) is 13.1. The number of carbonyl (C=O) groups is 1. The molecule has 0 aliphatic rings. The van der Waals surface area contributed by atoms with Gasteiger partial charge in [-0.25, -0.2) is 17.9 Å². The summed E-state index contributed by atoms with van der Waals surface area (Å²) in [6.45, 7) is 3.02. The molecule has 0 aliphatic carbocycles. The molecule has 8 heteroatoms. The number of nitrogens with one attached hydrogen (secondary N) is 1. The maximum atomic E-state index is 12.2. The molecular weight excluding hydrogens is 298 g/mol. The smallest absolute Gasteiger partial charge is 0.335 e. The number of benzene rings is 1. The summed E-state index contributed by atoms with van der Waals surface area (Å²) >= 11 is 0. The van der Waals surface area contributed by atoms with Crippen LogP contribution in [-0.2, 0) is 14.8 Å². The summed E-state index contributed by atoms with van der Waals surface area (Å²) < 4.78 is 31.4. The minimum absolute atomic E-state index is 0.00427. The standard InChI is InChI=1S/C13H19NO6S/c1-8-4-10(13(16)17)5-12(9(8)2)21(18,19)14-6-11(15)7-20-3/h4-5,11,14-15H,6-7H2,1-3H3,(H,16,17). The molecule has 0 bridgehead atoms. The van der Waals surface area contributed by atoms with Crippen molar-refractivity contribution in [3.63, 3.8) is 0 Å². The van der Waals surface area contributed by atoms with E-state index in [2.05, 4.69) is 4.72 Å². The average molecular weight is 317 g/mol. The van der Waals surface area contributed by atoms with E-state index in [-0.39, 0.29) is 23.6 Å². The lowest BCUT2D eigenvalue weighted by Gasteiger charge is -2.14. The average Bonchev–Trinajstić information content (AvgIpc) is 2.39. The van der Waals surface area contributed by atoms with Gasteiger partial charge in [0.1, 0.15) is 0 Å². The molecule has 0 amide bonds. The number of aliphatic hydroxyl groups excluding tert-OH is 1. The number of sulfonamides is 1. The van der Waals surface area contributed by atoms with E-state index in [0.29, 0.717) is 11.1 Å². The Morgan fingerprint density at radius 1 is 1.38 bits per heavy atom. The number of rotatable bonds is 7. The Bertz CT molecular complexity index is 626. The molecule has 1 rings (SSSR count). The lowest BCUT2D eigenvalue weighted by Crippen LogP contribution is -2.34. The van der Waals surface area contributed by atoms with Gasteiger partial charge in [0.25, 0.3) is 0 Å². The molecule has 0 radical (unpaired) electrons. The Morgan fingerprint density at radius 3 is 2.52 bits per heavy atom. The lowest BCUT2D eigenvalue weighted by molar-refractivity contribution is 0.0678. The fourth-order valence-corrected chi connectivity index (χ4v) is 3.18. The molecular formula is C13H19NO6S. The van der Waals surface area contributed by atoms with E-state index in [0.717, 1.165) is 6.07 Å². The predicted molar refractivity (Wildman–Crippen MR) is 75.9 cm³/mol. The summed E-state index contributed by atoms with van der Waals surface area (Å²) in [5.74, 6) is -1.20. The molecule has 1 unspecified atom stereocenters. The Morgan fingerprint density at radius 2 is 2.00 bits per heavy atom. The maximum absolute atomic E-state index is 12.2. The molecule has 0 heterocycles. The first kappa shape index (κ1) is 17.6. The van der Waals surface area contributed by atoms with Crippen molar-refractivity contribution in [2.24, 2.45) is 0 Å². The summed E-state index contributed by atoms with van der Waals surface area (Å²) in [6.07, 6.45) is -0.978. The minimum atomic E-state index is -3.91. The largest absolute Gasteiger partial charge is 0.478 e. The molecule has 7 nitrogen and oxygen atoms in total. The first-order valence-corrected chi connectivity index (χ1v) is 7.68. The zero-order valence-electron chi connectivity index (χ0n) is 12.1. The number of aryl methyl sites for hydroxylation is 1. The van der Waals surface area contributed by atoms with Crippen molar-refractivity contribution in [1.29, 1.82) is 0 Å². The van der Waals surface area contributed by atoms with Crippen LogP contribution in [0.5, 0.6) is 0 Å². The van der Waals surface area contributed by atoms with E-state index < -0.39 is 22.1 Å². The molecule has 0 saturated carbocycles. The third-order valence-electron chi connectivity index (χ3n) is 3.02. The zero-order chi connectivity index (χ0) is 16.2. The molecule has 21 heavy (non-hydrogen) atoms.